The fourth-order valence-corrected chi connectivity index (χ4v) is 4.21. The fourth-order valence-electron chi connectivity index (χ4n) is 4.21. The van der Waals surface area contributed by atoms with Gasteiger partial charge in [0.25, 0.3) is 5.91 Å². The molecule has 1 aliphatic carbocycles. The fraction of sp³-hybridized carbons (Fsp3) is 0.579. The molecule has 2 amide bonds. The minimum Gasteiger partial charge on any atom is -0.378 e. The molecule has 4 rings (SSSR count). The highest BCUT2D eigenvalue weighted by molar-refractivity contribution is 5.95. The van der Waals surface area contributed by atoms with Crippen molar-refractivity contribution in [3.63, 3.8) is 0 Å². The molecule has 0 aromatic heterocycles. The number of anilines is 1. The second-order valence-corrected chi connectivity index (χ2v) is 7.16. The van der Waals surface area contributed by atoms with Crippen LogP contribution in [-0.2, 0) is 14.3 Å². The molecule has 2 N–H and O–H groups in total. The highest BCUT2D eigenvalue weighted by atomic mass is 16.5. The van der Waals surface area contributed by atoms with Gasteiger partial charge in [-0.15, -0.1) is 0 Å². The van der Waals surface area contributed by atoms with Gasteiger partial charge in [0, 0.05) is 43.8 Å². The van der Waals surface area contributed by atoms with Crippen LogP contribution in [0.25, 0.3) is 0 Å². The predicted molar refractivity (Wildman–Crippen MR) is 96.2 cm³/mol. The van der Waals surface area contributed by atoms with Crippen molar-refractivity contribution in [1.29, 1.82) is 0 Å². The zero-order valence-electron chi connectivity index (χ0n) is 14.9. The van der Waals surface area contributed by atoms with Crippen molar-refractivity contribution in [2.24, 2.45) is 5.92 Å². The maximum Gasteiger partial charge on any atom is 0.251 e. The molecule has 1 aromatic carbocycles. The van der Waals surface area contributed by atoms with E-state index in [4.69, 9.17) is 9.47 Å². The third kappa shape index (κ3) is 3.29. The number of benzene rings is 1. The lowest BCUT2D eigenvalue weighted by Crippen LogP contribution is -2.70. The molecule has 3 aliphatic rings. The molecular weight excluding hydrogens is 334 g/mol. The molecule has 1 saturated carbocycles. The Kier molecular flexibility index (Phi) is 4.82. The van der Waals surface area contributed by atoms with Crippen LogP contribution in [0.3, 0.4) is 0 Å². The number of carbonyl (C=O) groups is 2. The molecule has 26 heavy (non-hydrogen) atoms. The van der Waals surface area contributed by atoms with Crippen molar-refractivity contribution >= 4 is 17.5 Å². The SMILES string of the molecule is CC(=O)N[C@@H]1[C@@H](NC(=O)c2cccc(N3CCOCC3)c2)[C@H]2CCO[C@H]21. The molecule has 0 bridgehead atoms. The summed E-state index contributed by atoms with van der Waals surface area (Å²) in [6.45, 7) is 5.26. The van der Waals surface area contributed by atoms with Crippen LogP contribution in [0.4, 0.5) is 5.69 Å². The number of hydrogen-bond donors (Lipinski definition) is 2. The monoisotopic (exact) mass is 359 g/mol. The van der Waals surface area contributed by atoms with Crippen LogP contribution in [0.1, 0.15) is 23.7 Å². The summed E-state index contributed by atoms with van der Waals surface area (Å²) in [6.07, 6.45) is 0.934. The lowest BCUT2D eigenvalue weighted by atomic mass is 9.71. The third-order valence-electron chi connectivity index (χ3n) is 5.54. The second-order valence-electron chi connectivity index (χ2n) is 7.16. The van der Waals surface area contributed by atoms with E-state index in [1.807, 2.05) is 24.3 Å². The summed E-state index contributed by atoms with van der Waals surface area (Å²) >= 11 is 0. The Labute approximate surface area is 153 Å². The number of amides is 2. The molecular formula is C19H25N3O4. The van der Waals surface area contributed by atoms with Gasteiger partial charge in [0.1, 0.15) is 0 Å². The van der Waals surface area contributed by atoms with Crippen LogP contribution in [0.2, 0.25) is 0 Å². The third-order valence-corrected chi connectivity index (χ3v) is 5.54. The number of morpholine rings is 1. The van der Waals surface area contributed by atoms with Crippen LogP contribution in [0, 0.1) is 5.92 Å². The number of rotatable bonds is 4. The summed E-state index contributed by atoms with van der Waals surface area (Å²) in [5.74, 6) is 0.0709. The van der Waals surface area contributed by atoms with Gasteiger partial charge in [0.05, 0.1) is 31.4 Å². The normalized spacial score (nSPS) is 30.3. The van der Waals surface area contributed by atoms with E-state index < -0.39 is 0 Å². The van der Waals surface area contributed by atoms with Crippen molar-refractivity contribution < 1.29 is 19.1 Å². The Morgan fingerprint density at radius 2 is 1.92 bits per heavy atom. The molecule has 0 radical (unpaired) electrons. The lowest BCUT2D eigenvalue weighted by molar-refractivity contribution is -0.123. The molecule has 2 heterocycles. The Morgan fingerprint density at radius 3 is 2.69 bits per heavy atom. The van der Waals surface area contributed by atoms with Crippen molar-refractivity contribution in [3.8, 4) is 0 Å². The van der Waals surface area contributed by atoms with E-state index in [2.05, 4.69) is 15.5 Å². The van der Waals surface area contributed by atoms with Crippen molar-refractivity contribution in [2.75, 3.05) is 37.8 Å². The van der Waals surface area contributed by atoms with Gasteiger partial charge in [-0.1, -0.05) is 6.07 Å². The van der Waals surface area contributed by atoms with Crippen LogP contribution in [0.15, 0.2) is 24.3 Å². The molecule has 2 aliphatic heterocycles. The van der Waals surface area contributed by atoms with E-state index in [1.54, 1.807) is 0 Å². The zero-order valence-corrected chi connectivity index (χ0v) is 14.9. The van der Waals surface area contributed by atoms with Gasteiger partial charge >= 0.3 is 0 Å². The van der Waals surface area contributed by atoms with Gasteiger partial charge in [-0.05, 0) is 24.6 Å². The van der Waals surface area contributed by atoms with Crippen molar-refractivity contribution in [3.05, 3.63) is 29.8 Å². The Hall–Kier alpha value is -2.12. The molecule has 1 aromatic rings. The minimum absolute atomic E-state index is 0.0175. The maximum absolute atomic E-state index is 12.8. The van der Waals surface area contributed by atoms with E-state index in [0.29, 0.717) is 25.4 Å². The summed E-state index contributed by atoms with van der Waals surface area (Å²) in [5.41, 5.74) is 1.67. The van der Waals surface area contributed by atoms with Crippen molar-refractivity contribution in [1.82, 2.24) is 10.6 Å². The van der Waals surface area contributed by atoms with E-state index >= 15 is 0 Å². The van der Waals surface area contributed by atoms with E-state index in [1.165, 1.54) is 6.92 Å². The average molecular weight is 359 g/mol. The topological polar surface area (TPSA) is 79.9 Å². The number of ether oxygens (including phenoxy) is 2. The summed E-state index contributed by atoms with van der Waals surface area (Å²) < 4.78 is 11.1. The first-order valence-electron chi connectivity index (χ1n) is 9.26. The molecule has 0 unspecified atom stereocenters. The summed E-state index contributed by atoms with van der Waals surface area (Å²) in [5, 5.41) is 6.03. The molecule has 4 atom stereocenters. The molecule has 7 heteroatoms. The van der Waals surface area contributed by atoms with Gasteiger partial charge in [-0.2, -0.15) is 0 Å². The second kappa shape index (κ2) is 7.25. The first kappa shape index (κ1) is 17.3. The first-order valence-corrected chi connectivity index (χ1v) is 9.26. The number of carbonyl (C=O) groups excluding carboxylic acids is 2. The molecule has 3 fully saturated rings. The smallest absolute Gasteiger partial charge is 0.251 e. The van der Waals surface area contributed by atoms with E-state index in [-0.39, 0.29) is 35.9 Å². The zero-order chi connectivity index (χ0) is 18.1. The predicted octanol–water partition coefficient (Wildman–Crippen LogP) is 0.545. The highest BCUT2D eigenvalue weighted by Crippen LogP contribution is 2.39. The van der Waals surface area contributed by atoms with E-state index in [9.17, 15) is 9.59 Å². The summed E-state index contributed by atoms with van der Waals surface area (Å²) in [6, 6.07) is 7.46. The minimum atomic E-state index is -0.147. The number of nitrogens with zero attached hydrogens (tertiary/aromatic N) is 1. The lowest BCUT2D eigenvalue weighted by Gasteiger charge is -2.47. The quantitative estimate of drug-likeness (QED) is 0.821. The van der Waals surface area contributed by atoms with Crippen molar-refractivity contribution in [2.45, 2.75) is 31.5 Å². The first-order chi connectivity index (χ1) is 12.6. The van der Waals surface area contributed by atoms with Gasteiger partial charge in [-0.3, -0.25) is 9.59 Å². The summed E-state index contributed by atoms with van der Waals surface area (Å²) in [4.78, 5) is 26.5. The number of nitrogens with one attached hydrogen (secondary N) is 2. The Balaban J connectivity index is 1.45. The summed E-state index contributed by atoms with van der Waals surface area (Å²) in [7, 11) is 0. The van der Waals surface area contributed by atoms with Gasteiger partial charge in [0.15, 0.2) is 0 Å². The molecule has 0 spiro atoms. The van der Waals surface area contributed by atoms with Crippen LogP contribution in [-0.4, -0.2) is 62.9 Å². The standard InChI is InChI=1S/C19H25N3O4/c1-12(23)20-17-16(15-5-8-26-18(15)17)21-19(24)13-3-2-4-14(11-13)22-6-9-25-10-7-22/h2-4,11,15-18H,5-10H2,1H3,(H,20,23)(H,21,24)/t15-,16+,17-,18-/m1/s1. The van der Waals surface area contributed by atoms with Gasteiger partial charge < -0.3 is 25.0 Å². The molecule has 2 saturated heterocycles. The van der Waals surface area contributed by atoms with E-state index in [0.717, 1.165) is 25.2 Å². The molecule has 7 nitrogen and oxygen atoms in total. The van der Waals surface area contributed by atoms with Gasteiger partial charge in [-0.25, -0.2) is 0 Å². The average Bonchev–Trinajstić information content (AvgIpc) is 3.09. The van der Waals surface area contributed by atoms with Crippen LogP contribution in [0.5, 0.6) is 0 Å². The Morgan fingerprint density at radius 1 is 1.12 bits per heavy atom. The Bertz CT molecular complexity index is 689. The highest BCUT2D eigenvalue weighted by Gasteiger charge is 2.54. The number of hydrogen-bond acceptors (Lipinski definition) is 5. The van der Waals surface area contributed by atoms with Crippen LogP contribution < -0.4 is 15.5 Å². The maximum atomic E-state index is 12.8. The number of fused-ring (bicyclic) bond motifs is 1. The largest absolute Gasteiger partial charge is 0.378 e. The molecule has 140 valence electrons. The van der Waals surface area contributed by atoms with Crippen LogP contribution >= 0.6 is 0 Å². The van der Waals surface area contributed by atoms with Gasteiger partial charge in [0.2, 0.25) is 5.91 Å².